The third-order valence-electron chi connectivity index (χ3n) is 2.52. The van der Waals surface area contributed by atoms with Gasteiger partial charge in [0.25, 0.3) is 5.91 Å². The molecular weight excluding hydrogens is 232 g/mol. The number of H-pyrrole nitrogens is 2. The minimum absolute atomic E-state index is 0.253. The standard InChI is InChI=1S/C11H10N6O/c1-6-13-11(17-15-6)14-10(18)7-2-3-9-8(4-7)5-12-16-9/h2-5H,1H3,(H,12,16)(H2,13,14,15,17,18). The Labute approximate surface area is 102 Å². The van der Waals surface area contributed by atoms with Crippen LogP contribution in [-0.2, 0) is 0 Å². The van der Waals surface area contributed by atoms with E-state index in [1.54, 1.807) is 31.3 Å². The molecule has 0 radical (unpaired) electrons. The van der Waals surface area contributed by atoms with E-state index in [4.69, 9.17) is 0 Å². The molecule has 1 aromatic carbocycles. The van der Waals surface area contributed by atoms with Crippen molar-refractivity contribution in [2.75, 3.05) is 5.32 Å². The van der Waals surface area contributed by atoms with Crippen molar-refractivity contribution in [1.29, 1.82) is 0 Å². The van der Waals surface area contributed by atoms with Gasteiger partial charge in [0.15, 0.2) is 0 Å². The second-order valence-corrected chi connectivity index (χ2v) is 3.87. The predicted octanol–water partition coefficient (Wildman–Crippen LogP) is 1.24. The summed E-state index contributed by atoms with van der Waals surface area (Å²) < 4.78 is 0. The van der Waals surface area contributed by atoms with Gasteiger partial charge in [-0.05, 0) is 25.1 Å². The molecule has 0 saturated heterocycles. The molecule has 2 heterocycles. The molecule has 7 heteroatoms. The first-order valence-electron chi connectivity index (χ1n) is 5.36. The monoisotopic (exact) mass is 242 g/mol. The summed E-state index contributed by atoms with van der Waals surface area (Å²) >= 11 is 0. The van der Waals surface area contributed by atoms with Crippen molar-refractivity contribution in [2.24, 2.45) is 0 Å². The van der Waals surface area contributed by atoms with Crippen LogP contribution in [0.15, 0.2) is 24.4 Å². The second kappa shape index (κ2) is 3.95. The van der Waals surface area contributed by atoms with Crippen LogP contribution in [0, 0.1) is 6.92 Å². The molecule has 0 atom stereocenters. The minimum Gasteiger partial charge on any atom is -0.289 e. The maximum atomic E-state index is 12.0. The zero-order valence-corrected chi connectivity index (χ0v) is 9.56. The van der Waals surface area contributed by atoms with Crippen LogP contribution in [0.3, 0.4) is 0 Å². The van der Waals surface area contributed by atoms with E-state index in [0.717, 1.165) is 10.9 Å². The summed E-state index contributed by atoms with van der Waals surface area (Å²) in [5.41, 5.74) is 1.42. The Kier molecular flexibility index (Phi) is 2.30. The summed E-state index contributed by atoms with van der Waals surface area (Å²) in [5, 5.41) is 16.7. The topological polar surface area (TPSA) is 99.3 Å². The Balaban J connectivity index is 1.87. The fraction of sp³-hybridized carbons (Fsp3) is 0.0909. The summed E-state index contributed by atoms with van der Waals surface area (Å²) in [7, 11) is 0. The zero-order valence-electron chi connectivity index (χ0n) is 9.56. The van der Waals surface area contributed by atoms with Crippen LogP contribution in [-0.4, -0.2) is 31.3 Å². The normalized spacial score (nSPS) is 10.7. The molecule has 90 valence electrons. The predicted molar refractivity (Wildman–Crippen MR) is 65.2 cm³/mol. The lowest BCUT2D eigenvalue weighted by atomic mass is 10.1. The molecule has 2 aromatic heterocycles. The molecule has 18 heavy (non-hydrogen) atoms. The lowest BCUT2D eigenvalue weighted by Crippen LogP contribution is -2.12. The van der Waals surface area contributed by atoms with Crippen molar-refractivity contribution in [1.82, 2.24) is 25.4 Å². The lowest BCUT2D eigenvalue weighted by molar-refractivity contribution is 0.102. The number of aromatic nitrogens is 5. The maximum absolute atomic E-state index is 12.0. The van der Waals surface area contributed by atoms with Gasteiger partial charge in [0, 0.05) is 10.9 Å². The van der Waals surface area contributed by atoms with E-state index in [2.05, 4.69) is 30.7 Å². The Bertz CT molecular complexity index is 713. The fourth-order valence-corrected chi connectivity index (χ4v) is 1.66. The summed E-state index contributed by atoms with van der Waals surface area (Å²) in [5.74, 6) is 0.664. The molecule has 0 aliphatic heterocycles. The van der Waals surface area contributed by atoms with Gasteiger partial charge in [0.2, 0.25) is 5.95 Å². The zero-order chi connectivity index (χ0) is 12.5. The number of nitrogens with one attached hydrogen (secondary N) is 3. The Morgan fingerprint density at radius 3 is 3.00 bits per heavy atom. The highest BCUT2D eigenvalue weighted by Gasteiger charge is 2.09. The highest BCUT2D eigenvalue weighted by atomic mass is 16.1. The lowest BCUT2D eigenvalue weighted by Gasteiger charge is -2.00. The van der Waals surface area contributed by atoms with Gasteiger partial charge in [-0.3, -0.25) is 20.3 Å². The average molecular weight is 242 g/mol. The van der Waals surface area contributed by atoms with Crippen molar-refractivity contribution in [3.05, 3.63) is 35.8 Å². The highest BCUT2D eigenvalue weighted by Crippen LogP contribution is 2.13. The SMILES string of the molecule is Cc1nc(NC(=O)c2ccc3[nH]ncc3c2)n[nH]1. The van der Waals surface area contributed by atoms with Gasteiger partial charge in [-0.2, -0.15) is 10.1 Å². The van der Waals surface area contributed by atoms with Crippen molar-refractivity contribution in [3.8, 4) is 0 Å². The molecule has 0 fully saturated rings. The van der Waals surface area contributed by atoms with Crippen LogP contribution in [0.25, 0.3) is 10.9 Å². The number of hydrogen-bond donors (Lipinski definition) is 3. The Morgan fingerprint density at radius 2 is 2.22 bits per heavy atom. The van der Waals surface area contributed by atoms with Crippen LogP contribution in [0.4, 0.5) is 5.95 Å². The number of benzene rings is 1. The first kappa shape index (κ1) is 10.5. The number of anilines is 1. The van der Waals surface area contributed by atoms with E-state index in [-0.39, 0.29) is 11.9 Å². The van der Waals surface area contributed by atoms with Crippen LogP contribution in [0.5, 0.6) is 0 Å². The molecule has 3 aromatic rings. The average Bonchev–Trinajstić information content (AvgIpc) is 2.96. The number of aryl methyl sites for hydroxylation is 1. The summed E-state index contributed by atoms with van der Waals surface area (Å²) in [4.78, 5) is 16.0. The molecule has 0 saturated carbocycles. The van der Waals surface area contributed by atoms with E-state index in [0.29, 0.717) is 11.4 Å². The van der Waals surface area contributed by atoms with E-state index >= 15 is 0 Å². The number of carbonyl (C=O) groups is 1. The number of hydrogen-bond acceptors (Lipinski definition) is 4. The number of rotatable bonds is 2. The molecule has 0 spiro atoms. The molecule has 0 bridgehead atoms. The van der Waals surface area contributed by atoms with Crippen LogP contribution < -0.4 is 5.32 Å². The number of amides is 1. The first-order chi connectivity index (χ1) is 8.72. The molecular formula is C11H10N6O. The van der Waals surface area contributed by atoms with E-state index in [9.17, 15) is 4.79 Å². The molecule has 3 N–H and O–H groups in total. The Morgan fingerprint density at radius 1 is 1.33 bits per heavy atom. The van der Waals surface area contributed by atoms with Gasteiger partial charge < -0.3 is 0 Å². The largest absolute Gasteiger partial charge is 0.289 e. The first-order valence-corrected chi connectivity index (χ1v) is 5.36. The molecule has 0 unspecified atom stereocenters. The second-order valence-electron chi connectivity index (χ2n) is 3.87. The van der Waals surface area contributed by atoms with E-state index in [1.165, 1.54) is 0 Å². The maximum Gasteiger partial charge on any atom is 0.258 e. The minimum atomic E-state index is -0.253. The third kappa shape index (κ3) is 1.81. The molecule has 7 nitrogen and oxygen atoms in total. The number of carbonyl (C=O) groups excluding carboxylic acids is 1. The van der Waals surface area contributed by atoms with Crippen molar-refractivity contribution < 1.29 is 4.79 Å². The van der Waals surface area contributed by atoms with Crippen LogP contribution in [0.2, 0.25) is 0 Å². The summed E-state index contributed by atoms with van der Waals surface area (Å²) in [6.45, 7) is 1.76. The molecule has 0 aliphatic carbocycles. The van der Waals surface area contributed by atoms with Crippen LogP contribution >= 0.6 is 0 Å². The van der Waals surface area contributed by atoms with Gasteiger partial charge >= 0.3 is 0 Å². The van der Waals surface area contributed by atoms with Crippen molar-refractivity contribution in [2.45, 2.75) is 6.92 Å². The van der Waals surface area contributed by atoms with Gasteiger partial charge in [0.1, 0.15) is 5.82 Å². The summed E-state index contributed by atoms with van der Waals surface area (Å²) in [6, 6.07) is 5.28. The number of nitrogens with zero attached hydrogens (tertiary/aromatic N) is 3. The smallest absolute Gasteiger partial charge is 0.258 e. The fourth-order valence-electron chi connectivity index (χ4n) is 1.66. The third-order valence-corrected chi connectivity index (χ3v) is 2.52. The molecule has 0 aliphatic rings. The van der Waals surface area contributed by atoms with Crippen molar-refractivity contribution in [3.63, 3.8) is 0 Å². The Hall–Kier alpha value is -2.70. The number of fused-ring (bicyclic) bond motifs is 1. The quantitative estimate of drug-likeness (QED) is 0.629. The van der Waals surface area contributed by atoms with E-state index in [1.807, 2.05) is 0 Å². The van der Waals surface area contributed by atoms with Gasteiger partial charge in [-0.15, -0.1) is 5.10 Å². The number of aromatic amines is 2. The highest BCUT2D eigenvalue weighted by molar-refractivity contribution is 6.05. The van der Waals surface area contributed by atoms with Gasteiger partial charge in [-0.25, -0.2) is 0 Å². The van der Waals surface area contributed by atoms with Crippen molar-refractivity contribution >= 4 is 22.8 Å². The molecule has 3 rings (SSSR count). The van der Waals surface area contributed by atoms with Crippen LogP contribution in [0.1, 0.15) is 16.2 Å². The van der Waals surface area contributed by atoms with Gasteiger partial charge in [-0.1, -0.05) is 0 Å². The van der Waals surface area contributed by atoms with Gasteiger partial charge in [0.05, 0.1) is 11.7 Å². The molecule has 1 amide bonds. The summed E-state index contributed by atoms with van der Waals surface area (Å²) in [6.07, 6.45) is 1.67. The van der Waals surface area contributed by atoms with E-state index < -0.39 is 0 Å².